The van der Waals surface area contributed by atoms with Gasteiger partial charge in [0.1, 0.15) is 5.75 Å². The van der Waals surface area contributed by atoms with Crippen LogP contribution in [0, 0.1) is 5.41 Å². The lowest BCUT2D eigenvalue weighted by atomic mass is 10.1. The van der Waals surface area contributed by atoms with Gasteiger partial charge in [0.05, 0.1) is 0 Å². The third-order valence-corrected chi connectivity index (χ3v) is 3.42. The average Bonchev–Trinajstić information content (AvgIpc) is 2.53. The topological polar surface area (TPSA) is 54.3 Å². The summed E-state index contributed by atoms with van der Waals surface area (Å²) in [6.45, 7) is 2.10. The molecule has 0 fully saturated rings. The number of hydroxylamine groups is 1. The van der Waals surface area contributed by atoms with Gasteiger partial charge in [0, 0.05) is 17.6 Å². The second-order valence-corrected chi connectivity index (χ2v) is 5.16. The summed E-state index contributed by atoms with van der Waals surface area (Å²) in [4.78, 5) is 5.08. The van der Waals surface area contributed by atoms with Gasteiger partial charge in [-0.3, -0.25) is 5.41 Å². The van der Waals surface area contributed by atoms with Crippen LogP contribution < -0.4 is 10.2 Å². The Morgan fingerprint density at radius 1 is 1.23 bits per heavy atom. The van der Waals surface area contributed by atoms with Gasteiger partial charge in [-0.05, 0) is 36.2 Å². The fourth-order valence-corrected chi connectivity index (χ4v) is 2.24. The first kappa shape index (κ1) is 16.3. The summed E-state index contributed by atoms with van der Waals surface area (Å²) < 4.78 is 5.92. The van der Waals surface area contributed by atoms with E-state index in [2.05, 4.69) is 12.4 Å². The highest BCUT2D eigenvalue weighted by atomic mass is 35.5. The number of hydrogen-bond donors (Lipinski definition) is 2. The highest BCUT2D eigenvalue weighted by Gasteiger charge is 2.21. The van der Waals surface area contributed by atoms with Crippen LogP contribution in [0.4, 0.5) is 0 Å². The largest absolute Gasteiger partial charge is 0.476 e. The van der Waals surface area contributed by atoms with E-state index in [1.165, 1.54) is 5.56 Å². The summed E-state index contributed by atoms with van der Waals surface area (Å²) in [5.74, 6) is 0.635. The molecule has 2 rings (SSSR count). The first-order valence-corrected chi connectivity index (χ1v) is 7.45. The molecule has 0 saturated carbocycles. The lowest BCUT2D eigenvalue weighted by Gasteiger charge is -2.20. The zero-order chi connectivity index (χ0) is 15.9. The third kappa shape index (κ3) is 4.23. The Bertz CT molecular complexity index is 629. The molecule has 0 saturated heterocycles. The Hall–Kier alpha value is -2.04. The molecule has 2 N–H and O–H groups in total. The van der Waals surface area contributed by atoms with Crippen LogP contribution in [0.2, 0.25) is 5.02 Å². The Morgan fingerprint density at radius 3 is 2.55 bits per heavy atom. The summed E-state index contributed by atoms with van der Waals surface area (Å²) in [5, 5.41) is 8.62. The molecule has 0 radical (unpaired) electrons. The molecule has 0 heterocycles. The van der Waals surface area contributed by atoms with Gasteiger partial charge >= 0.3 is 0 Å². The Balaban J connectivity index is 2.25. The van der Waals surface area contributed by atoms with Gasteiger partial charge in [0.2, 0.25) is 6.10 Å². The highest BCUT2D eigenvalue weighted by molar-refractivity contribution is 6.30. The second kappa shape index (κ2) is 7.82. The van der Waals surface area contributed by atoms with E-state index in [-0.39, 0.29) is 5.90 Å². The molecule has 4 nitrogen and oxygen atoms in total. The maximum absolute atomic E-state index is 8.03. The summed E-state index contributed by atoms with van der Waals surface area (Å²) >= 11 is 6.03. The highest BCUT2D eigenvalue weighted by Crippen LogP contribution is 2.25. The molecule has 0 bridgehead atoms. The van der Waals surface area contributed by atoms with E-state index in [0.29, 0.717) is 10.8 Å². The molecule has 0 spiro atoms. The van der Waals surface area contributed by atoms with Gasteiger partial charge in [-0.15, -0.1) is 0 Å². The van der Waals surface area contributed by atoms with Crippen molar-refractivity contribution in [2.45, 2.75) is 19.4 Å². The fraction of sp³-hybridized carbons (Fsp3) is 0.235. The number of ether oxygens (including phenoxy) is 1. The monoisotopic (exact) mass is 318 g/mol. The summed E-state index contributed by atoms with van der Waals surface area (Å²) in [6, 6.07) is 15.0. The SMILES string of the molecule is CCc1ccc(OC(C(=N)ONC)c2cccc(Cl)c2)cc1. The Morgan fingerprint density at radius 2 is 1.95 bits per heavy atom. The first-order valence-electron chi connectivity index (χ1n) is 7.07. The van der Waals surface area contributed by atoms with Gasteiger partial charge in [-0.2, -0.15) is 5.48 Å². The minimum atomic E-state index is -0.668. The van der Waals surface area contributed by atoms with Gasteiger partial charge < -0.3 is 9.57 Å². The molecule has 0 aliphatic rings. The molecular weight excluding hydrogens is 300 g/mol. The zero-order valence-electron chi connectivity index (χ0n) is 12.6. The van der Waals surface area contributed by atoms with Crippen molar-refractivity contribution in [3.63, 3.8) is 0 Å². The smallest absolute Gasteiger partial charge is 0.252 e. The number of nitrogens with one attached hydrogen (secondary N) is 2. The quantitative estimate of drug-likeness (QED) is 0.478. The van der Waals surface area contributed by atoms with E-state index in [4.69, 9.17) is 26.6 Å². The van der Waals surface area contributed by atoms with Crippen molar-refractivity contribution in [2.24, 2.45) is 0 Å². The van der Waals surface area contributed by atoms with Gasteiger partial charge in [-0.25, -0.2) is 0 Å². The molecule has 1 atom stereocenters. The molecule has 2 aromatic rings. The number of halogens is 1. The van der Waals surface area contributed by atoms with Crippen LogP contribution in [0.1, 0.15) is 24.2 Å². The van der Waals surface area contributed by atoms with Crippen LogP contribution in [0.3, 0.4) is 0 Å². The molecule has 116 valence electrons. The number of aryl methyl sites for hydroxylation is 1. The lowest BCUT2D eigenvalue weighted by molar-refractivity contribution is 0.153. The van der Waals surface area contributed by atoms with E-state index in [1.54, 1.807) is 19.2 Å². The minimum absolute atomic E-state index is 0.0377. The van der Waals surface area contributed by atoms with Crippen LogP contribution in [0.15, 0.2) is 48.5 Å². The molecule has 0 aromatic heterocycles. The van der Waals surface area contributed by atoms with Crippen molar-refractivity contribution in [3.8, 4) is 5.75 Å². The normalized spacial score (nSPS) is 11.8. The van der Waals surface area contributed by atoms with E-state index in [0.717, 1.165) is 12.0 Å². The molecule has 5 heteroatoms. The zero-order valence-corrected chi connectivity index (χ0v) is 13.4. The first-order chi connectivity index (χ1) is 10.6. The Kier molecular flexibility index (Phi) is 5.81. The van der Waals surface area contributed by atoms with Crippen LogP contribution in [0.25, 0.3) is 0 Å². The van der Waals surface area contributed by atoms with E-state index in [1.807, 2.05) is 36.4 Å². The van der Waals surface area contributed by atoms with Gasteiger partial charge in [0.15, 0.2) is 0 Å². The number of benzene rings is 2. The minimum Gasteiger partial charge on any atom is -0.476 e. The van der Waals surface area contributed by atoms with E-state index >= 15 is 0 Å². The predicted molar refractivity (Wildman–Crippen MR) is 88.5 cm³/mol. The standard InChI is InChI=1S/C17H19ClN2O2/c1-3-12-7-9-15(10-8-12)21-16(17(19)22-20-2)13-5-4-6-14(18)11-13/h4-11,16,19-20H,3H2,1-2H3. The summed E-state index contributed by atoms with van der Waals surface area (Å²) in [6.07, 6.45) is 0.301. The van der Waals surface area contributed by atoms with Crippen LogP contribution in [-0.4, -0.2) is 12.9 Å². The summed E-state index contributed by atoms with van der Waals surface area (Å²) in [5.41, 5.74) is 4.49. The van der Waals surface area contributed by atoms with Gasteiger partial charge in [-0.1, -0.05) is 42.8 Å². The molecule has 2 aromatic carbocycles. The average molecular weight is 319 g/mol. The van der Waals surface area contributed by atoms with E-state index < -0.39 is 6.10 Å². The van der Waals surface area contributed by atoms with Crippen LogP contribution in [0.5, 0.6) is 5.75 Å². The van der Waals surface area contributed by atoms with Crippen molar-refractivity contribution in [2.75, 3.05) is 7.05 Å². The Labute approximate surface area is 135 Å². The van der Waals surface area contributed by atoms with Crippen LogP contribution in [-0.2, 0) is 11.3 Å². The van der Waals surface area contributed by atoms with Gasteiger partial charge in [0.25, 0.3) is 5.90 Å². The molecular formula is C17H19ClN2O2. The fourth-order valence-electron chi connectivity index (χ4n) is 2.05. The van der Waals surface area contributed by atoms with E-state index in [9.17, 15) is 0 Å². The number of hydrogen-bond acceptors (Lipinski definition) is 4. The van der Waals surface area contributed by atoms with Crippen LogP contribution >= 0.6 is 11.6 Å². The van der Waals surface area contributed by atoms with Crippen molar-refractivity contribution in [3.05, 3.63) is 64.7 Å². The predicted octanol–water partition coefficient (Wildman–Crippen LogP) is 4.15. The molecule has 0 amide bonds. The summed E-state index contributed by atoms with van der Waals surface area (Å²) in [7, 11) is 1.60. The second-order valence-electron chi connectivity index (χ2n) is 4.72. The maximum Gasteiger partial charge on any atom is 0.252 e. The third-order valence-electron chi connectivity index (χ3n) is 3.19. The molecule has 1 unspecified atom stereocenters. The van der Waals surface area contributed by atoms with Crippen molar-refractivity contribution >= 4 is 17.5 Å². The molecule has 0 aliphatic carbocycles. The van der Waals surface area contributed by atoms with Crippen molar-refractivity contribution in [1.82, 2.24) is 5.48 Å². The maximum atomic E-state index is 8.03. The lowest BCUT2D eigenvalue weighted by Crippen LogP contribution is -2.25. The van der Waals surface area contributed by atoms with Crippen molar-refractivity contribution in [1.29, 1.82) is 5.41 Å². The molecule has 22 heavy (non-hydrogen) atoms. The molecule has 0 aliphatic heterocycles. The number of rotatable bonds is 6. The van der Waals surface area contributed by atoms with Crippen molar-refractivity contribution < 1.29 is 9.57 Å².